The molecule has 0 radical (unpaired) electrons. The van der Waals surface area contributed by atoms with E-state index in [1.54, 1.807) is 0 Å². The fourth-order valence-electron chi connectivity index (χ4n) is 1.66. The van der Waals surface area contributed by atoms with E-state index in [9.17, 15) is 4.79 Å². The van der Waals surface area contributed by atoms with E-state index in [4.69, 9.17) is 5.11 Å². The Bertz CT molecular complexity index is 598. The number of aliphatic carboxylic acids is 1. The van der Waals surface area contributed by atoms with Gasteiger partial charge in [-0.1, -0.05) is 48.2 Å². The van der Waals surface area contributed by atoms with E-state index in [0.717, 1.165) is 16.3 Å². The van der Waals surface area contributed by atoms with Crippen molar-refractivity contribution in [3.05, 3.63) is 48.0 Å². The van der Waals surface area contributed by atoms with Crippen LogP contribution < -0.4 is 0 Å². The molecule has 0 aliphatic heterocycles. The van der Waals surface area contributed by atoms with Crippen LogP contribution in [0.5, 0.6) is 0 Å². The van der Waals surface area contributed by atoms with Crippen molar-refractivity contribution in [2.45, 2.75) is 12.8 Å². The van der Waals surface area contributed by atoms with E-state index in [-0.39, 0.29) is 6.42 Å². The van der Waals surface area contributed by atoms with Crippen molar-refractivity contribution in [1.29, 1.82) is 0 Å². The van der Waals surface area contributed by atoms with Gasteiger partial charge in [-0.05, 0) is 16.8 Å². The second-order valence-electron chi connectivity index (χ2n) is 3.72. The zero-order valence-electron chi connectivity index (χ0n) is 9.31. The van der Waals surface area contributed by atoms with Crippen LogP contribution in [0.1, 0.15) is 18.4 Å². The molecule has 2 rings (SSSR count). The Labute approximate surface area is 99.9 Å². The van der Waals surface area contributed by atoms with Crippen molar-refractivity contribution in [3.63, 3.8) is 0 Å². The lowest BCUT2D eigenvalue weighted by atomic mass is 10.0. The van der Waals surface area contributed by atoms with Gasteiger partial charge < -0.3 is 5.11 Å². The minimum absolute atomic E-state index is 0.0950. The third-order valence-electron chi connectivity index (χ3n) is 2.48. The highest BCUT2D eigenvalue weighted by Crippen LogP contribution is 2.17. The molecule has 0 spiro atoms. The average molecular weight is 224 g/mol. The first-order chi connectivity index (χ1) is 8.27. The number of hydrogen-bond donors (Lipinski definition) is 1. The van der Waals surface area contributed by atoms with Gasteiger partial charge in [0.25, 0.3) is 0 Å². The van der Waals surface area contributed by atoms with Crippen LogP contribution in [0.2, 0.25) is 0 Å². The molecule has 2 aromatic carbocycles. The lowest BCUT2D eigenvalue weighted by Crippen LogP contribution is -1.91. The third kappa shape index (κ3) is 2.85. The highest BCUT2D eigenvalue weighted by atomic mass is 16.4. The Kier molecular flexibility index (Phi) is 3.42. The molecule has 0 fully saturated rings. The highest BCUT2D eigenvalue weighted by molar-refractivity contribution is 5.88. The van der Waals surface area contributed by atoms with Gasteiger partial charge in [0.15, 0.2) is 0 Å². The van der Waals surface area contributed by atoms with Crippen LogP contribution in [0.15, 0.2) is 42.5 Å². The van der Waals surface area contributed by atoms with Crippen molar-refractivity contribution < 1.29 is 9.90 Å². The molecule has 0 amide bonds. The largest absolute Gasteiger partial charge is 0.481 e. The molecule has 0 saturated carbocycles. The van der Waals surface area contributed by atoms with E-state index in [1.165, 1.54) is 0 Å². The topological polar surface area (TPSA) is 37.3 Å². The number of rotatable bonds is 2. The highest BCUT2D eigenvalue weighted by Gasteiger charge is 1.96. The Balaban J connectivity index is 2.26. The summed E-state index contributed by atoms with van der Waals surface area (Å²) in [5.74, 6) is 5.12. The third-order valence-corrected chi connectivity index (χ3v) is 2.48. The molecule has 2 heteroatoms. The van der Waals surface area contributed by atoms with Gasteiger partial charge in [0.2, 0.25) is 0 Å². The zero-order chi connectivity index (χ0) is 12.1. The molecule has 0 bridgehead atoms. The van der Waals surface area contributed by atoms with Crippen LogP contribution in [0, 0.1) is 11.8 Å². The molecule has 0 aromatic heterocycles. The fraction of sp³-hybridized carbons (Fsp3) is 0.133. The number of benzene rings is 2. The molecule has 0 atom stereocenters. The zero-order valence-corrected chi connectivity index (χ0v) is 9.31. The van der Waals surface area contributed by atoms with Gasteiger partial charge in [0, 0.05) is 12.0 Å². The molecule has 17 heavy (non-hydrogen) atoms. The number of hydrogen-bond acceptors (Lipinski definition) is 1. The van der Waals surface area contributed by atoms with E-state index in [0.29, 0.717) is 6.42 Å². The first kappa shape index (κ1) is 11.2. The summed E-state index contributed by atoms with van der Waals surface area (Å²) in [4.78, 5) is 10.4. The van der Waals surface area contributed by atoms with Gasteiger partial charge in [0.05, 0.1) is 6.42 Å². The second kappa shape index (κ2) is 5.18. The standard InChI is InChI=1S/C15H12O2/c16-15(17)11-4-2-7-13-9-5-8-12-6-1-3-10-14(12)13/h1,3,5-6,8-10H,4,11H2,(H,16,17). The van der Waals surface area contributed by atoms with Crippen LogP contribution in [-0.4, -0.2) is 11.1 Å². The van der Waals surface area contributed by atoms with Crippen molar-refractivity contribution in [2.75, 3.05) is 0 Å². The average Bonchev–Trinajstić information content (AvgIpc) is 2.34. The first-order valence-corrected chi connectivity index (χ1v) is 5.46. The van der Waals surface area contributed by atoms with Gasteiger partial charge in [-0.3, -0.25) is 4.79 Å². The minimum Gasteiger partial charge on any atom is -0.481 e. The van der Waals surface area contributed by atoms with Crippen molar-refractivity contribution in [2.24, 2.45) is 0 Å². The van der Waals surface area contributed by atoms with Crippen molar-refractivity contribution in [3.8, 4) is 11.8 Å². The minimum atomic E-state index is -0.808. The van der Waals surface area contributed by atoms with Gasteiger partial charge in [-0.15, -0.1) is 0 Å². The van der Waals surface area contributed by atoms with E-state index >= 15 is 0 Å². The molecule has 0 heterocycles. The predicted molar refractivity (Wildman–Crippen MR) is 67.7 cm³/mol. The fourth-order valence-corrected chi connectivity index (χ4v) is 1.66. The van der Waals surface area contributed by atoms with Crippen LogP contribution in [0.3, 0.4) is 0 Å². The molecule has 0 unspecified atom stereocenters. The Morgan fingerprint density at radius 2 is 1.88 bits per heavy atom. The second-order valence-corrected chi connectivity index (χ2v) is 3.72. The summed E-state index contributed by atoms with van der Waals surface area (Å²) in [7, 11) is 0. The lowest BCUT2D eigenvalue weighted by Gasteiger charge is -1.99. The van der Waals surface area contributed by atoms with Crippen molar-refractivity contribution >= 4 is 16.7 Å². The summed E-state index contributed by atoms with van der Waals surface area (Å²) in [6, 6.07) is 14.0. The van der Waals surface area contributed by atoms with Crippen molar-refractivity contribution in [1.82, 2.24) is 0 Å². The summed E-state index contributed by atoms with van der Waals surface area (Å²) in [6.07, 6.45) is 0.482. The molecular weight excluding hydrogens is 212 g/mol. The normalized spacial score (nSPS) is 9.65. The molecular formula is C15H12O2. The molecule has 0 saturated heterocycles. The van der Waals surface area contributed by atoms with Gasteiger partial charge >= 0.3 is 5.97 Å². The Morgan fingerprint density at radius 1 is 1.12 bits per heavy atom. The summed E-state index contributed by atoms with van der Waals surface area (Å²) < 4.78 is 0. The molecule has 0 aliphatic carbocycles. The Morgan fingerprint density at radius 3 is 2.71 bits per heavy atom. The van der Waals surface area contributed by atoms with Gasteiger partial charge in [0.1, 0.15) is 0 Å². The molecule has 1 N–H and O–H groups in total. The van der Waals surface area contributed by atoms with E-state index in [2.05, 4.69) is 11.8 Å². The molecule has 2 nitrogen and oxygen atoms in total. The maximum Gasteiger partial charge on any atom is 0.304 e. The first-order valence-electron chi connectivity index (χ1n) is 5.46. The predicted octanol–water partition coefficient (Wildman–Crippen LogP) is 3.06. The van der Waals surface area contributed by atoms with Crippen LogP contribution >= 0.6 is 0 Å². The number of fused-ring (bicyclic) bond motifs is 1. The quantitative estimate of drug-likeness (QED) is 0.796. The van der Waals surface area contributed by atoms with E-state index in [1.807, 2.05) is 42.5 Å². The molecule has 2 aromatic rings. The molecule has 84 valence electrons. The van der Waals surface area contributed by atoms with Crippen LogP contribution in [0.4, 0.5) is 0 Å². The van der Waals surface area contributed by atoms with Crippen LogP contribution in [-0.2, 0) is 4.79 Å². The van der Waals surface area contributed by atoms with Gasteiger partial charge in [-0.2, -0.15) is 0 Å². The maximum atomic E-state index is 10.4. The number of carboxylic acids is 1. The summed E-state index contributed by atoms with van der Waals surface area (Å²) in [5, 5.41) is 10.8. The summed E-state index contributed by atoms with van der Waals surface area (Å²) in [6.45, 7) is 0. The van der Waals surface area contributed by atoms with Crippen LogP contribution in [0.25, 0.3) is 10.8 Å². The lowest BCUT2D eigenvalue weighted by molar-refractivity contribution is -0.136. The number of carboxylic acid groups (broad SMARTS) is 1. The summed E-state index contributed by atoms with van der Waals surface area (Å²) >= 11 is 0. The monoisotopic (exact) mass is 224 g/mol. The van der Waals surface area contributed by atoms with E-state index < -0.39 is 5.97 Å². The Hall–Kier alpha value is -2.27. The van der Waals surface area contributed by atoms with Gasteiger partial charge in [-0.25, -0.2) is 0 Å². The summed E-state index contributed by atoms with van der Waals surface area (Å²) in [5.41, 5.74) is 0.952. The maximum absolute atomic E-state index is 10.4. The molecule has 0 aliphatic rings. The smallest absolute Gasteiger partial charge is 0.304 e. The SMILES string of the molecule is O=C(O)CCC#Cc1cccc2ccccc12. The number of carbonyl (C=O) groups is 1.